The van der Waals surface area contributed by atoms with Gasteiger partial charge in [-0.15, -0.1) is 3.89 Å². The Morgan fingerprint density at radius 1 is 1.27 bits per heavy atom. The number of hydrogen-bond acceptors (Lipinski definition) is 2. The highest BCUT2D eigenvalue weighted by atomic mass is 32.3. The Morgan fingerprint density at radius 3 is 2.80 bits per heavy atom. The van der Waals surface area contributed by atoms with Gasteiger partial charge in [0.25, 0.3) is 0 Å². The Bertz CT molecular complexity index is 574. The molecule has 15 heavy (non-hydrogen) atoms. The van der Waals surface area contributed by atoms with Gasteiger partial charge in [-0.05, 0) is 23.4 Å². The number of para-hydroxylation sites is 1. The molecule has 5 heteroatoms. The number of benzene rings is 1. The Kier molecular flexibility index (Phi) is 2.48. The summed E-state index contributed by atoms with van der Waals surface area (Å²) in [7, 11) is -4.39. The van der Waals surface area contributed by atoms with E-state index in [2.05, 4.69) is 4.98 Å². The molecule has 0 radical (unpaired) electrons. The minimum atomic E-state index is -4.39. The van der Waals surface area contributed by atoms with E-state index >= 15 is 0 Å². The molecule has 1 aromatic carbocycles. The van der Waals surface area contributed by atoms with Gasteiger partial charge in [0.1, 0.15) is 0 Å². The fraction of sp³-hybridized carbons (Fsp3) is 0.200. The van der Waals surface area contributed by atoms with Gasteiger partial charge < -0.3 is 4.98 Å². The van der Waals surface area contributed by atoms with Gasteiger partial charge in [0.15, 0.2) is 0 Å². The van der Waals surface area contributed by atoms with E-state index in [0.29, 0.717) is 0 Å². The van der Waals surface area contributed by atoms with E-state index in [0.717, 1.165) is 16.5 Å². The summed E-state index contributed by atoms with van der Waals surface area (Å²) in [6.07, 6.45) is 1.97. The molecule has 2 rings (SSSR count). The molecule has 2 aromatic rings. The zero-order valence-electron chi connectivity index (χ0n) is 7.90. The zero-order valence-corrected chi connectivity index (χ0v) is 8.72. The van der Waals surface area contributed by atoms with Gasteiger partial charge >= 0.3 is 10.2 Å². The van der Waals surface area contributed by atoms with Crippen LogP contribution in [0.5, 0.6) is 0 Å². The molecule has 0 aliphatic carbocycles. The molecule has 1 heterocycles. The van der Waals surface area contributed by atoms with Crippen LogP contribution in [0.3, 0.4) is 0 Å². The van der Waals surface area contributed by atoms with Crippen LogP contribution in [0.1, 0.15) is 5.56 Å². The highest BCUT2D eigenvalue weighted by Gasteiger charge is 2.09. The van der Waals surface area contributed by atoms with Crippen LogP contribution in [-0.2, 0) is 16.6 Å². The number of nitrogens with one attached hydrogen (secondary N) is 1. The van der Waals surface area contributed by atoms with Crippen molar-refractivity contribution in [3.8, 4) is 0 Å². The standard InChI is InChI=1S/C10H10FNO2S/c11-15(13,14)7-5-9-3-1-2-8-4-6-12-10(8)9/h1-4,6,12H,5,7H2. The maximum absolute atomic E-state index is 12.4. The van der Waals surface area contributed by atoms with Crippen LogP contribution in [0.4, 0.5) is 3.89 Å². The van der Waals surface area contributed by atoms with Crippen molar-refractivity contribution in [1.82, 2.24) is 4.98 Å². The lowest BCUT2D eigenvalue weighted by molar-refractivity contribution is 0.551. The van der Waals surface area contributed by atoms with E-state index in [4.69, 9.17) is 0 Å². The highest BCUT2D eigenvalue weighted by Crippen LogP contribution is 2.17. The van der Waals surface area contributed by atoms with E-state index in [9.17, 15) is 12.3 Å². The van der Waals surface area contributed by atoms with Crippen molar-refractivity contribution in [2.24, 2.45) is 0 Å². The van der Waals surface area contributed by atoms with Crippen molar-refractivity contribution < 1.29 is 12.3 Å². The second-order valence-electron chi connectivity index (χ2n) is 3.35. The van der Waals surface area contributed by atoms with Gasteiger partial charge in [0.05, 0.1) is 5.75 Å². The number of fused-ring (bicyclic) bond motifs is 1. The number of hydrogen-bond donors (Lipinski definition) is 1. The SMILES string of the molecule is O=S(=O)(F)CCc1cccc2cc[nH]c12. The van der Waals surface area contributed by atoms with Crippen LogP contribution in [-0.4, -0.2) is 19.2 Å². The van der Waals surface area contributed by atoms with Crippen LogP contribution in [0, 0.1) is 0 Å². The van der Waals surface area contributed by atoms with Crippen molar-refractivity contribution in [1.29, 1.82) is 0 Å². The summed E-state index contributed by atoms with van der Waals surface area (Å²) in [4.78, 5) is 3.01. The Hall–Kier alpha value is -1.36. The number of aromatic nitrogens is 1. The molecule has 0 bridgehead atoms. The molecule has 0 spiro atoms. The number of rotatable bonds is 3. The van der Waals surface area contributed by atoms with Crippen molar-refractivity contribution in [3.05, 3.63) is 36.0 Å². The van der Waals surface area contributed by atoms with E-state index in [1.807, 2.05) is 18.2 Å². The monoisotopic (exact) mass is 227 g/mol. The number of halogens is 1. The minimum Gasteiger partial charge on any atom is -0.361 e. The molecule has 0 saturated heterocycles. The van der Waals surface area contributed by atoms with Crippen LogP contribution < -0.4 is 0 Å². The average Bonchev–Trinajstić information content (AvgIpc) is 2.61. The minimum absolute atomic E-state index is 0.191. The lowest BCUT2D eigenvalue weighted by Crippen LogP contribution is -2.02. The van der Waals surface area contributed by atoms with Crippen molar-refractivity contribution in [3.63, 3.8) is 0 Å². The molecule has 0 aliphatic rings. The molecule has 0 saturated carbocycles. The number of H-pyrrole nitrogens is 1. The summed E-state index contributed by atoms with van der Waals surface area (Å²) in [5, 5.41) is 1.00. The second-order valence-corrected chi connectivity index (χ2v) is 4.84. The van der Waals surface area contributed by atoms with E-state index in [1.54, 1.807) is 12.3 Å². The predicted octanol–water partition coefficient (Wildman–Crippen LogP) is 2.01. The molecule has 3 nitrogen and oxygen atoms in total. The molecule has 0 fully saturated rings. The molecule has 80 valence electrons. The first-order valence-corrected chi connectivity index (χ1v) is 6.09. The first kappa shape index (κ1) is 10.2. The van der Waals surface area contributed by atoms with Gasteiger partial charge in [-0.3, -0.25) is 0 Å². The Balaban J connectivity index is 2.32. The summed E-state index contributed by atoms with van der Waals surface area (Å²) in [5.41, 5.74) is 1.69. The summed E-state index contributed by atoms with van der Waals surface area (Å²) < 4.78 is 33.2. The van der Waals surface area contributed by atoms with Gasteiger partial charge in [0, 0.05) is 11.7 Å². The van der Waals surface area contributed by atoms with Crippen LogP contribution in [0.25, 0.3) is 10.9 Å². The summed E-state index contributed by atoms with van der Waals surface area (Å²) in [6, 6.07) is 7.43. The van der Waals surface area contributed by atoms with Crippen LogP contribution >= 0.6 is 0 Å². The fourth-order valence-corrected chi connectivity index (χ4v) is 2.05. The largest absolute Gasteiger partial charge is 0.361 e. The van der Waals surface area contributed by atoms with Gasteiger partial charge in [-0.2, -0.15) is 8.42 Å². The molecule has 1 N–H and O–H groups in total. The molecular formula is C10H10FNO2S. The second kappa shape index (κ2) is 3.66. The van der Waals surface area contributed by atoms with Crippen LogP contribution in [0.15, 0.2) is 30.5 Å². The van der Waals surface area contributed by atoms with E-state index in [-0.39, 0.29) is 6.42 Å². The quantitative estimate of drug-likeness (QED) is 0.815. The van der Waals surface area contributed by atoms with Gasteiger partial charge in [0.2, 0.25) is 0 Å². The molecule has 0 atom stereocenters. The highest BCUT2D eigenvalue weighted by molar-refractivity contribution is 7.86. The maximum Gasteiger partial charge on any atom is 0.302 e. The predicted molar refractivity (Wildman–Crippen MR) is 56.9 cm³/mol. The third-order valence-electron chi connectivity index (χ3n) is 2.29. The van der Waals surface area contributed by atoms with Gasteiger partial charge in [-0.1, -0.05) is 18.2 Å². The number of aromatic amines is 1. The lowest BCUT2D eigenvalue weighted by Gasteiger charge is -2.00. The number of aryl methyl sites for hydroxylation is 1. The first-order chi connectivity index (χ1) is 7.06. The fourth-order valence-electron chi connectivity index (χ4n) is 1.59. The third-order valence-corrected chi connectivity index (χ3v) is 2.98. The average molecular weight is 227 g/mol. The Labute approximate surface area is 87.1 Å². The summed E-state index contributed by atoms with van der Waals surface area (Å²) in [6.45, 7) is 0. The molecular weight excluding hydrogens is 217 g/mol. The van der Waals surface area contributed by atoms with Crippen molar-refractivity contribution >= 4 is 21.1 Å². The molecule has 1 aromatic heterocycles. The molecule has 0 unspecified atom stereocenters. The Morgan fingerprint density at radius 2 is 2.07 bits per heavy atom. The van der Waals surface area contributed by atoms with E-state index in [1.165, 1.54) is 0 Å². The summed E-state index contributed by atoms with van der Waals surface area (Å²) in [5.74, 6) is -0.467. The molecule has 0 aliphatic heterocycles. The normalized spacial score (nSPS) is 12.1. The molecule has 0 amide bonds. The topological polar surface area (TPSA) is 49.9 Å². The van der Waals surface area contributed by atoms with Crippen molar-refractivity contribution in [2.45, 2.75) is 6.42 Å². The lowest BCUT2D eigenvalue weighted by atomic mass is 10.1. The smallest absolute Gasteiger partial charge is 0.302 e. The third kappa shape index (κ3) is 2.36. The first-order valence-electron chi connectivity index (χ1n) is 4.53. The van der Waals surface area contributed by atoms with Crippen molar-refractivity contribution in [2.75, 3.05) is 5.75 Å². The zero-order chi connectivity index (χ0) is 10.9. The summed E-state index contributed by atoms with van der Waals surface area (Å²) >= 11 is 0. The maximum atomic E-state index is 12.4. The van der Waals surface area contributed by atoms with Gasteiger partial charge in [-0.25, -0.2) is 0 Å². The van der Waals surface area contributed by atoms with Crippen LogP contribution in [0.2, 0.25) is 0 Å². The van der Waals surface area contributed by atoms with E-state index < -0.39 is 16.0 Å².